The maximum Gasteiger partial charge on any atom is 0.268 e. The van der Waals surface area contributed by atoms with Crippen LogP contribution in [0.25, 0.3) is 23.0 Å². The lowest BCUT2D eigenvalue weighted by molar-refractivity contribution is 0.409. The van der Waals surface area contributed by atoms with Gasteiger partial charge in [-0.05, 0) is 37.0 Å². The molecule has 1 aromatic heterocycles. The first-order chi connectivity index (χ1) is 11.7. The third kappa shape index (κ3) is 3.55. The smallest absolute Gasteiger partial charge is 0.268 e. The molecule has 0 saturated heterocycles. The zero-order valence-electron chi connectivity index (χ0n) is 13.4. The molecule has 24 heavy (non-hydrogen) atoms. The molecule has 118 valence electrons. The Bertz CT molecular complexity index is 903. The van der Waals surface area contributed by atoms with Crippen LogP contribution in [0.2, 0.25) is 0 Å². The maximum absolute atomic E-state index is 9.41. The summed E-state index contributed by atoms with van der Waals surface area (Å²) in [6, 6.07) is 17.9. The van der Waals surface area contributed by atoms with Crippen molar-refractivity contribution in [2.75, 3.05) is 6.26 Å². The Morgan fingerprint density at radius 1 is 1.12 bits per heavy atom. The van der Waals surface area contributed by atoms with Crippen molar-refractivity contribution >= 4 is 23.4 Å². The molecule has 2 aromatic carbocycles. The first kappa shape index (κ1) is 16.0. The van der Waals surface area contributed by atoms with Crippen LogP contribution in [0, 0.1) is 18.3 Å². The summed E-state index contributed by atoms with van der Waals surface area (Å²) in [5, 5.41) is 13.4. The molecule has 3 aromatic rings. The lowest BCUT2D eigenvalue weighted by atomic mass is 10.1. The van der Waals surface area contributed by atoms with Crippen molar-refractivity contribution in [3.05, 3.63) is 65.5 Å². The summed E-state index contributed by atoms with van der Waals surface area (Å²) < 4.78 is 5.26. The second-order valence-electron chi connectivity index (χ2n) is 5.23. The van der Waals surface area contributed by atoms with E-state index in [0.29, 0.717) is 11.4 Å². The molecular weight excluding hydrogens is 318 g/mol. The Kier molecular flexibility index (Phi) is 4.78. The lowest BCUT2D eigenvalue weighted by Gasteiger charge is -1.97. The van der Waals surface area contributed by atoms with E-state index in [1.165, 1.54) is 4.90 Å². The van der Waals surface area contributed by atoms with Gasteiger partial charge in [0.25, 0.3) is 5.89 Å². The lowest BCUT2D eigenvalue weighted by Crippen LogP contribution is -1.84. The van der Waals surface area contributed by atoms with Gasteiger partial charge >= 0.3 is 0 Å². The molecule has 0 aliphatic carbocycles. The number of benzene rings is 2. The summed E-state index contributed by atoms with van der Waals surface area (Å²) in [6.45, 7) is 2.02. The largest absolute Gasteiger partial charge is 0.333 e. The van der Waals surface area contributed by atoms with Crippen molar-refractivity contribution < 1.29 is 4.52 Å². The second kappa shape index (κ2) is 7.16. The van der Waals surface area contributed by atoms with E-state index < -0.39 is 0 Å². The molecule has 0 amide bonds. The van der Waals surface area contributed by atoms with Gasteiger partial charge in [0.15, 0.2) is 0 Å². The standard InChI is InChI=1S/C19H15N3OS/c1-13-3-7-15(8-4-13)18-21-19(23-22-18)16(12-20)11-14-5-9-17(24-2)10-6-14/h3-11H,1-2H3/b16-11+. The molecule has 0 aliphatic heterocycles. The maximum atomic E-state index is 9.41. The molecule has 1 heterocycles. The molecule has 0 fully saturated rings. The minimum Gasteiger partial charge on any atom is -0.333 e. The molecule has 0 bridgehead atoms. The van der Waals surface area contributed by atoms with Crippen molar-refractivity contribution in [3.63, 3.8) is 0 Å². The van der Waals surface area contributed by atoms with Crippen molar-refractivity contribution in [2.24, 2.45) is 0 Å². The van der Waals surface area contributed by atoms with Crippen molar-refractivity contribution in [1.29, 1.82) is 5.26 Å². The van der Waals surface area contributed by atoms with Gasteiger partial charge in [-0.25, -0.2) is 0 Å². The highest BCUT2D eigenvalue weighted by atomic mass is 32.2. The average Bonchev–Trinajstić information content (AvgIpc) is 3.10. The Morgan fingerprint density at radius 3 is 2.46 bits per heavy atom. The van der Waals surface area contributed by atoms with E-state index in [1.54, 1.807) is 17.8 Å². The van der Waals surface area contributed by atoms with Crippen molar-refractivity contribution in [3.8, 4) is 17.5 Å². The number of aryl methyl sites for hydroxylation is 1. The molecule has 0 atom stereocenters. The van der Waals surface area contributed by atoms with E-state index in [2.05, 4.69) is 16.2 Å². The van der Waals surface area contributed by atoms with E-state index in [4.69, 9.17) is 4.52 Å². The normalized spacial score (nSPS) is 11.3. The van der Waals surface area contributed by atoms with Crippen molar-refractivity contribution in [1.82, 2.24) is 10.1 Å². The van der Waals surface area contributed by atoms with Crippen LogP contribution in [0.5, 0.6) is 0 Å². The van der Waals surface area contributed by atoms with Gasteiger partial charge in [0, 0.05) is 10.5 Å². The summed E-state index contributed by atoms with van der Waals surface area (Å²) in [6.07, 6.45) is 3.77. The third-order valence-corrected chi connectivity index (χ3v) is 4.26. The number of hydrogen-bond donors (Lipinski definition) is 0. The first-order valence-electron chi connectivity index (χ1n) is 7.36. The van der Waals surface area contributed by atoms with Crippen LogP contribution in [0.15, 0.2) is 57.9 Å². The highest BCUT2D eigenvalue weighted by Crippen LogP contribution is 2.22. The zero-order chi connectivity index (χ0) is 16.9. The molecule has 0 saturated carbocycles. The van der Waals surface area contributed by atoms with Crippen LogP contribution in [0.4, 0.5) is 0 Å². The van der Waals surface area contributed by atoms with Crippen LogP contribution < -0.4 is 0 Å². The fourth-order valence-corrected chi connectivity index (χ4v) is 2.57. The Balaban J connectivity index is 1.90. The predicted molar refractivity (Wildman–Crippen MR) is 96.2 cm³/mol. The van der Waals surface area contributed by atoms with Gasteiger partial charge in [-0.3, -0.25) is 0 Å². The summed E-state index contributed by atoms with van der Waals surface area (Å²) in [5.41, 5.74) is 3.28. The predicted octanol–water partition coefficient (Wildman–Crippen LogP) is 4.83. The minimum atomic E-state index is 0.224. The number of hydrogen-bond acceptors (Lipinski definition) is 5. The van der Waals surface area contributed by atoms with E-state index in [-0.39, 0.29) is 5.89 Å². The van der Waals surface area contributed by atoms with Gasteiger partial charge in [-0.1, -0.05) is 47.1 Å². The molecule has 0 radical (unpaired) electrons. The Labute approximate surface area is 144 Å². The highest BCUT2D eigenvalue weighted by Gasteiger charge is 2.12. The first-order valence-corrected chi connectivity index (χ1v) is 8.59. The number of rotatable bonds is 4. The van der Waals surface area contributed by atoms with Crippen LogP contribution in [0.3, 0.4) is 0 Å². The van der Waals surface area contributed by atoms with Gasteiger partial charge in [0.05, 0.1) is 0 Å². The Hall–Kier alpha value is -2.84. The van der Waals surface area contributed by atoms with Gasteiger partial charge in [0.2, 0.25) is 5.82 Å². The van der Waals surface area contributed by atoms with E-state index in [0.717, 1.165) is 16.7 Å². The van der Waals surface area contributed by atoms with Crippen LogP contribution in [0.1, 0.15) is 17.0 Å². The molecule has 0 spiro atoms. The number of thioether (sulfide) groups is 1. The quantitative estimate of drug-likeness (QED) is 0.505. The Morgan fingerprint density at radius 2 is 1.83 bits per heavy atom. The summed E-state index contributed by atoms with van der Waals surface area (Å²) in [7, 11) is 0. The number of aromatic nitrogens is 2. The molecule has 0 aliphatic rings. The summed E-state index contributed by atoms with van der Waals surface area (Å²) in [4.78, 5) is 5.51. The number of nitrogens with zero attached hydrogens (tertiary/aromatic N) is 3. The van der Waals surface area contributed by atoms with Crippen LogP contribution in [-0.2, 0) is 0 Å². The van der Waals surface area contributed by atoms with E-state index in [9.17, 15) is 5.26 Å². The summed E-state index contributed by atoms with van der Waals surface area (Å²) in [5.74, 6) is 0.700. The average molecular weight is 333 g/mol. The minimum absolute atomic E-state index is 0.224. The van der Waals surface area contributed by atoms with Gasteiger partial charge in [-0.2, -0.15) is 10.2 Å². The second-order valence-corrected chi connectivity index (χ2v) is 6.11. The van der Waals surface area contributed by atoms with Crippen molar-refractivity contribution in [2.45, 2.75) is 11.8 Å². The van der Waals surface area contributed by atoms with Gasteiger partial charge in [-0.15, -0.1) is 11.8 Å². The van der Waals surface area contributed by atoms with Gasteiger partial charge in [0.1, 0.15) is 11.6 Å². The van der Waals surface area contributed by atoms with Gasteiger partial charge < -0.3 is 4.52 Å². The molecule has 4 nitrogen and oxygen atoms in total. The molecule has 0 N–H and O–H groups in total. The SMILES string of the molecule is CSc1ccc(/C=C(\C#N)c2nc(-c3ccc(C)cc3)no2)cc1. The monoisotopic (exact) mass is 333 g/mol. The highest BCUT2D eigenvalue weighted by molar-refractivity contribution is 7.98. The molecule has 5 heteroatoms. The fourth-order valence-electron chi connectivity index (χ4n) is 2.16. The van der Waals surface area contributed by atoms with Crippen LogP contribution >= 0.6 is 11.8 Å². The third-order valence-electron chi connectivity index (χ3n) is 3.51. The fraction of sp³-hybridized carbons (Fsp3) is 0.105. The zero-order valence-corrected chi connectivity index (χ0v) is 14.2. The summed E-state index contributed by atoms with van der Waals surface area (Å²) >= 11 is 1.67. The van der Waals surface area contributed by atoms with E-state index >= 15 is 0 Å². The molecule has 0 unspecified atom stereocenters. The van der Waals surface area contributed by atoms with Crippen LogP contribution in [-0.4, -0.2) is 16.4 Å². The number of nitriles is 1. The topological polar surface area (TPSA) is 62.7 Å². The molecule has 3 rings (SSSR count). The number of allylic oxidation sites excluding steroid dienone is 1. The van der Waals surface area contributed by atoms with E-state index in [1.807, 2.05) is 61.7 Å². The molecular formula is C19H15N3OS.